The zero-order chi connectivity index (χ0) is 23.3. The van der Waals surface area contributed by atoms with Gasteiger partial charge >= 0.3 is 0 Å². The predicted molar refractivity (Wildman–Crippen MR) is 130 cm³/mol. The van der Waals surface area contributed by atoms with E-state index >= 15 is 0 Å². The van der Waals surface area contributed by atoms with Gasteiger partial charge in [0.05, 0.1) is 17.8 Å². The number of methoxy groups -OCH3 is 1. The number of halogens is 1. The van der Waals surface area contributed by atoms with Crippen molar-refractivity contribution in [3.05, 3.63) is 63.5 Å². The molecule has 170 valence electrons. The molecule has 3 heterocycles. The zero-order valence-corrected chi connectivity index (χ0v) is 19.6. The molecule has 33 heavy (non-hydrogen) atoms. The number of piperidine rings is 1. The molecule has 1 atom stereocenters. The standard InChI is InChI=1S/C25H25ClN4O3/c1-15-8-6-7-13-29(15)24(31)22-21-17-9-4-5-10-19(17)28(2)23(21)25(32)30(27-22)16-11-12-20(33-3)18(26)14-16/h4-5,9-12,14-15H,6-8,13H2,1-3H3/t15-/m0/s1. The van der Waals surface area contributed by atoms with Crippen molar-refractivity contribution in [2.24, 2.45) is 7.05 Å². The lowest BCUT2D eigenvalue weighted by molar-refractivity contribution is 0.0630. The molecule has 1 saturated heterocycles. The third kappa shape index (κ3) is 3.38. The van der Waals surface area contributed by atoms with E-state index in [1.165, 1.54) is 11.8 Å². The lowest BCUT2D eigenvalue weighted by Crippen LogP contribution is -2.43. The molecule has 5 rings (SSSR count). The van der Waals surface area contributed by atoms with Gasteiger partial charge in [-0.3, -0.25) is 9.59 Å². The van der Waals surface area contributed by atoms with E-state index in [-0.39, 0.29) is 23.2 Å². The highest BCUT2D eigenvalue weighted by Crippen LogP contribution is 2.31. The minimum absolute atomic E-state index is 0.119. The average molecular weight is 465 g/mol. The molecular formula is C25H25ClN4O3. The second kappa shape index (κ2) is 8.23. The number of hydrogen-bond donors (Lipinski definition) is 0. The molecule has 0 unspecified atom stereocenters. The van der Waals surface area contributed by atoms with Crippen molar-refractivity contribution in [2.45, 2.75) is 32.2 Å². The Hall–Kier alpha value is -3.32. The van der Waals surface area contributed by atoms with E-state index < -0.39 is 0 Å². The van der Waals surface area contributed by atoms with Crippen LogP contribution in [0.2, 0.25) is 5.02 Å². The van der Waals surface area contributed by atoms with Crippen molar-refractivity contribution in [1.82, 2.24) is 19.2 Å². The third-order valence-corrected chi connectivity index (χ3v) is 6.88. The summed E-state index contributed by atoms with van der Waals surface area (Å²) in [7, 11) is 3.37. The molecule has 0 aliphatic carbocycles. The number of hydrogen-bond acceptors (Lipinski definition) is 4. The summed E-state index contributed by atoms with van der Waals surface area (Å²) in [5, 5.41) is 6.43. The molecule has 8 heteroatoms. The van der Waals surface area contributed by atoms with E-state index in [9.17, 15) is 9.59 Å². The maximum Gasteiger partial charge on any atom is 0.296 e. The highest BCUT2D eigenvalue weighted by molar-refractivity contribution is 6.32. The van der Waals surface area contributed by atoms with E-state index in [4.69, 9.17) is 16.3 Å². The molecule has 1 fully saturated rings. The molecule has 2 aromatic heterocycles. The topological polar surface area (TPSA) is 69.4 Å². The van der Waals surface area contributed by atoms with Gasteiger partial charge < -0.3 is 14.2 Å². The zero-order valence-electron chi connectivity index (χ0n) is 18.8. The summed E-state index contributed by atoms with van der Waals surface area (Å²) in [5.74, 6) is 0.342. The fraction of sp³-hybridized carbons (Fsp3) is 0.320. The maximum absolute atomic E-state index is 13.8. The lowest BCUT2D eigenvalue weighted by Gasteiger charge is -2.33. The number of aromatic nitrogens is 3. The van der Waals surface area contributed by atoms with Crippen LogP contribution in [0.5, 0.6) is 5.75 Å². The van der Waals surface area contributed by atoms with Gasteiger partial charge in [0.2, 0.25) is 0 Å². The summed E-state index contributed by atoms with van der Waals surface area (Å²) >= 11 is 6.34. The number of carbonyl (C=O) groups is 1. The number of ether oxygens (including phenoxy) is 1. The Labute approximate surface area is 196 Å². The smallest absolute Gasteiger partial charge is 0.296 e. The Kier molecular flexibility index (Phi) is 5.37. The van der Waals surface area contributed by atoms with E-state index in [0.29, 0.717) is 33.9 Å². The number of amides is 1. The second-order valence-electron chi connectivity index (χ2n) is 8.53. The molecule has 0 spiro atoms. The molecule has 2 aromatic carbocycles. The molecule has 0 saturated carbocycles. The monoisotopic (exact) mass is 464 g/mol. The number of likely N-dealkylation sites (tertiary alicyclic amines) is 1. The molecular weight excluding hydrogens is 440 g/mol. The van der Waals surface area contributed by atoms with Crippen LogP contribution >= 0.6 is 11.6 Å². The van der Waals surface area contributed by atoms with Gasteiger partial charge in [-0.15, -0.1) is 0 Å². The van der Waals surface area contributed by atoms with E-state index in [1.807, 2.05) is 40.8 Å². The van der Waals surface area contributed by atoms with E-state index in [2.05, 4.69) is 12.0 Å². The number of nitrogens with zero attached hydrogens (tertiary/aromatic N) is 4. The fourth-order valence-corrected chi connectivity index (χ4v) is 5.08. The maximum atomic E-state index is 13.8. The quantitative estimate of drug-likeness (QED) is 0.446. The Balaban J connectivity index is 1.83. The number of carbonyl (C=O) groups excluding carboxylic acids is 1. The number of benzene rings is 2. The Morgan fingerprint density at radius 2 is 1.97 bits per heavy atom. The second-order valence-corrected chi connectivity index (χ2v) is 8.93. The Morgan fingerprint density at radius 1 is 1.18 bits per heavy atom. The van der Waals surface area contributed by atoms with Crippen LogP contribution < -0.4 is 10.3 Å². The minimum Gasteiger partial charge on any atom is -0.495 e. The van der Waals surface area contributed by atoms with Crippen molar-refractivity contribution >= 4 is 39.3 Å². The summed E-state index contributed by atoms with van der Waals surface area (Å²) < 4.78 is 8.36. The highest BCUT2D eigenvalue weighted by Gasteiger charge is 2.30. The number of rotatable bonds is 3. The van der Waals surface area contributed by atoms with E-state index in [1.54, 1.807) is 18.2 Å². The van der Waals surface area contributed by atoms with Crippen molar-refractivity contribution in [1.29, 1.82) is 0 Å². The normalized spacial score (nSPS) is 16.5. The predicted octanol–water partition coefficient (Wildman–Crippen LogP) is 4.55. The molecule has 0 N–H and O–H groups in total. The highest BCUT2D eigenvalue weighted by atomic mass is 35.5. The van der Waals surface area contributed by atoms with Gasteiger partial charge in [-0.05, 0) is 50.5 Å². The van der Waals surface area contributed by atoms with Crippen LogP contribution in [0.4, 0.5) is 0 Å². The van der Waals surface area contributed by atoms with Crippen LogP contribution in [0.25, 0.3) is 27.5 Å². The molecule has 7 nitrogen and oxygen atoms in total. The Morgan fingerprint density at radius 3 is 2.70 bits per heavy atom. The van der Waals surface area contributed by atoms with Gasteiger partial charge in [0, 0.05) is 35.9 Å². The van der Waals surface area contributed by atoms with Crippen molar-refractivity contribution in [3.63, 3.8) is 0 Å². The van der Waals surface area contributed by atoms with Crippen LogP contribution in [0.15, 0.2) is 47.3 Å². The first-order valence-corrected chi connectivity index (χ1v) is 11.5. The van der Waals surface area contributed by atoms with Crippen molar-refractivity contribution in [2.75, 3.05) is 13.7 Å². The first-order chi connectivity index (χ1) is 15.9. The number of fused-ring (bicyclic) bond motifs is 3. The van der Waals surface area contributed by atoms with Crippen molar-refractivity contribution < 1.29 is 9.53 Å². The molecule has 1 aliphatic heterocycles. The average Bonchev–Trinajstić information content (AvgIpc) is 3.12. The minimum atomic E-state index is -0.312. The Bertz CT molecular complexity index is 1460. The molecule has 4 aromatic rings. The molecule has 1 aliphatic rings. The van der Waals surface area contributed by atoms with Gasteiger partial charge in [0.1, 0.15) is 11.3 Å². The molecule has 0 bridgehead atoms. The summed E-state index contributed by atoms with van der Waals surface area (Å²) in [6.07, 6.45) is 3.02. The number of aryl methyl sites for hydroxylation is 1. The van der Waals surface area contributed by atoms with Crippen molar-refractivity contribution in [3.8, 4) is 11.4 Å². The van der Waals surface area contributed by atoms with Crippen LogP contribution in [0.3, 0.4) is 0 Å². The summed E-state index contributed by atoms with van der Waals surface area (Å²) in [4.78, 5) is 29.4. The van der Waals surface area contributed by atoms with Gasteiger partial charge in [0.15, 0.2) is 5.69 Å². The van der Waals surface area contributed by atoms with Crippen LogP contribution in [-0.4, -0.2) is 44.9 Å². The summed E-state index contributed by atoms with van der Waals surface area (Å²) in [5.41, 5.74) is 1.75. The first-order valence-electron chi connectivity index (χ1n) is 11.1. The van der Waals surface area contributed by atoms with Crippen LogP contribution in [0.1, 0.15) is 36.7 Å². The van der Waals surface area contributed by atoms with Crippen LogP contribution in [-0.2, 0) is 7.05 Å². The first kappa shape index (κ1) is 21.5. The number of para-hydroxylation sites is 1. The van der Waals surface area contributed by atoms with Crippen LogP contribution in [0, 0.1) is 0 Å². The molecule has 0 radical (unpaired) electrons. The third-order valence-electron chi connectivity index (χ3n) is 6.59. The summed E-state index contributed by atoms with van der Waals surface area (Å²) in [6.45, 7) is 2.75. The SMILES string of the molecule is COc1ccc(-n2nc(C(=O)N3CCCC[C@@H]3C)c3c4ccccc4n(C)c3c2=O)cc1Cl. The fourth-order valence-electron chi connectivity index (χ4n) is 4.83. The van der Waals surface area contributed by atoms with Gasteiger partial charge in [-0.25, -0.2) is 0 Å². The molecule has 1 amide bonds. The largest absolute Gasteiger partial charge is 0.495 e. The van der Waals surface area contributed by atoms with Gasteiger partial charge in [-0.1, -0.05) is 29.8 Å². The van der Waals surface area contributed by atoms with Gasteiger partial charge in [-0.2, -0.15) is 9.78 Å². The summed E-state index contributed by atoms with van der Waals surface area (Å²) in [6, 6.07) is 12.9. The lowest BCUT2D eigenvalue weighted by atomic mass is 10.0. The van der Waals surface area contributed by atoms with Gasteiger partial charge in [0.25, 0.3) is 11.5 Å². The van der Waals surface area contributed by atoms with E-state index in [0.717, 1.165) is 30.2 Å².